The first-order valence-corrected chi connectivity index (χ1v) is 4.58. The lowest BCUT2D eigenvalue weighted by Crippen LogP contribution is -2.25. The van der Waals surface area contributed by atoms with Gasteiger partial charge in [-0.1, -0.05) is 15.9 Å². The van der Waals surface area contributed by atoms with Crippen LogP contribution in [0.1, 0.15) is 6.92 Å². The Hall–Kier alpha value is 0.910. The van der Waals surface area contributed by atoms with Crippen LogP contribution in [0, 0.1) is 0 Å². The summed E-state index contributed by atoms with van der Waals surface area (Å²) in [6, 6.07) is 0. The lowest BCUT2D eigenvalue weighted by Gasteiger charge is -2.19. The summed E-state index contributed by atoms with van der Waals surface area (Å²) in [5, 5.41) is 0. The maximum Gasteiger partial charge on any atom is 0.419 e. The summed E-state index contributed by atoms with van der Waals surface area (Å²) in [5.41, 5.74) is 0. The van der Waals surface area contributed by atoms with E-state index < -0.39 is 3.42 Å². The van der Waals surface area contributed by atoms with Crippen LogP contribution in [0.5, 0.6) is 0 Å². The zero-order chi connectivity index (χ0) is 7.49. The predicted octanol–water partition coefficient (Wildman–Crippen LogP) is 2.30. The highest BCUT2D eigenvalue weighted by Gasteiger charge is 2.30. The molecule has 0 aromatic carbocycles. The van der Waals surface area contributed by atoms with Gasteiger partial charge in [0.2, 0.25) is 3.42 Å². The Labute approximate surface area is 78.7 Å². The summed E-state index contributed by atoms with van der Waals surface area (Å²) in [6.45, 7) is 3.14. The minimum atomic E-state index is -0.832. The smallest absolute Gasteiger partial charge is 0.419 e. The average molecular weight is 324 g/mol. The summed E-state index contributed by atoms with van der Waals surface area (Å²) in [4.78, 5) is 9.68. The van der Waals surface area contributed by atoms with Gasteiger partial charge >= 0.3 is 6.47 Å². The molecule has 0 heterocycles. The molecule has 5 heteroatoms. The van der Waals surface area contributed by atoms with Crippen molar-refractivity contribution in [3.05, 3.63) is 0 Å². The van der Waals surface area contributed by atoms with E-state index in [0.29, 0.717) is 0 Å². The molecule has 0 amide bonds. The van der Waals surface area contributed by atoms with Crippen LogP contribution in [-0.4, -0.2) is 14.7 Å². The van der Waals surface area contributed by atoms with E-state index in [9.17, 15) is 4.79 Å². The molecule has 1 unspecified atom stereocenters. The topological polar surface area (TPSA) is 26.3 Å². The van der Waals surface area contributed by atoms with Gasteiger partial charge in [0.25, 0.3) is 0 Å². The molecule has 0 bridgehead atoms. The number of rotatable bonds is 3. The fourth-order valence-electron chi connectivity index (χ4n) is 0.137. The molecule has 2 nitrogen and oxygen atoms in total. The van der Waals surface area contributed by atoms with Crippen LogP contribution < -0.4 is 0 Å². The lowest BCUT2D eigenvalue weighted by atomic mass is 10.5. The Kier molecular flexibility index (Phi) is 4.33. The van der Waals surface area contributed by atoms with Crippen LogP contribution in [0.15, 0.2) is 0 Å². The van der Waals surface area contributed by atoms with Gasteiger partial charge in [-0.15, -0.1) is 0 Å². The van der Waals surface area contributed by atoms with Crippen molar-refractivity contribution in [3.8, 4) is 0 Å². The molecule has 0 saturated heterocycles. The highest BCUT2D eigenvalue weighted by molar-refractivity contribution is 9.26. The Morgan fingerprint density at radius 3 is 2.22 bits per heavy atom. The Morgan fingerprint density at radius 1 is 1.67 bits per heavy atom. The van der Waals surface area contributed by atoms with Gasteiger partial charge in [-0.2, -0.15) is 0 Å². The maximum absolute atomic E-state index is 9.70. The van der Waals surface area contributed by atoms with E-state index in [-0.39, 0.29) is 4.83 Å². The van der Waals surface area contributed by atoms with Crippen LogP contribution in [0.3, 0.4) is 0 Å². The summed E-state index contributed by atoms with van der Waals surface area (Å²) >= 11 is 9.38. The van der Waals surface area contributed by atoms with Crippen molar-refractivity contribution in [1.29, 1.82) is 0 Å². The number of carbonyl (C=O) groups excluding carboxylic acids is 1. The van der Waals surface area contributed by atoms with Gasteiger partial charge in [0.15, 0.2) is 0 Å². The van der Waals surface area contributed by atoms with Crippen LogP contribution in [-0.2, 0) is 9.53 Å². The quantitative estimate of drug-likeness (QED) is 0.745. The van der Waals surface area contributed by atoms with E-state index >= 15 is 0 Å². The normalized spacial score (nSPS) is 14.7. The molecule has 1 radical (unpaired) electrons. The van der Waals surface area contributed by atoms with Gasteiger partial charge in [-0.05, 0) is 38.8 Å². The van der Waals surface area contributed by atoms with Crippen molar-refractivity contribution in [2.24, 2.45) is 0 Å². The third kappa shape index (κ3) is 3.57. The second-order valence-corrected chi connectivity index (χ2v) is 6.16. The SMILES string of the molecule is CC(Br)C(Br)(Br)O[C]=O. The summed E-state index contributed by atoms with van der Waals surface area (Å²) in [6.07, 6.45) is 0. The lowest BCUT2D eigenvalue weighted by molar-refractivity contribution is 0.239. The number of alkyl halides is 3. The molecule has 0 N–H and O–H groups in total. The van der Waals surface area contributed by atoms with E-state index in [1.165, 1.54) is 6.47 Å². The maximum atomic E-state index is 9.70. The van der Waals surface area contributed by atoms with Crippen LogP contribution in [0.4, 0.5) is 0 Å². The number of hydrogen-bond donors (Lipinski definition) is 0. The largest absolute Gasteiger partial charge is 0.427 e. The van der Waals surface area contributed by atoms with E-state index in [1.807, 2.05) is 6.92 Å². The molecule has 0 rings (SSSR count). The van der Waals surface area contributed by atoms with Crippen molar-refractivity contribution in [2.45, 2.75) is 15.2 Å². The Morgan fingerprint density at radius 2 is 2.11 bits per heavy atom. The predicted molar refractivity (Wildman–Crippen MR) is 45.8 cm³/mol. The van der Waals surface area contributed by atoms with Crippen molar-refractivity contribution in [3.63, 3.8) is 0 Å². The first kappa shape index (κ1) is 9.91. The number of ether oxygens (including phenoxy) is 1. The van der Waals surface area contributed by atoms with Crippen LogP contribution >= 0.6 is 47.8 Å². The second-order valence-electron chi connectivity index (χ2n) is 1.36. The van der Waals surface area contributed by atoms with Crippen molar-refractivity contribution < 1.29 is 9.53 Å². The van der Waals surface area contributed by atoms with Gasteiger partial charge in [0, 0.05) is 0 Å². The minimum Gasteiger partial charge on any atom is -0.427 e. The molecule has 9 heavy (non-hydrogen) atoms. The summed E-state index contributed by atoms with van der Waals surface area (Å²) in [7, 11) is 0. The molecular formula is C4H4Br3O2. The van der Waals surface area contributed by atoms with Gasteiger partial charge < -0.3 is 4.74 Å². The van der Waals surface area contributed by atoms with Crippen molar-refractivity contribution in [2.75, 3.05) is 0 Å². The minimum absolute atomic E-state index is 0.0218. The molecule has 0 spiro atoms. The van der Waals surface area contributed by atoms with E-state index in [1.54, 1.807) is 0 Å². The molecule has 0 saturated carbocycles. The first-order chi connectivity index (χ1) is 4.00. The molecule has 0 aliphatic rings. The zero-order valence-corrected chi connectivity index (χ0v) is 9.29. The molecule has 0 aliphatic heterocycles. The molecule has 0 aromatic rings. The van der Waals surface area contributed by atoms with Crippen molar-refractivity contribution in [1.82, 2.24) is 0 Å². The van der Waals surface area contributed by atoms with Crippen LogP contribution in [0.2, 0.25) is 0 Å². The Balaban J connectivity index is 3.84. The third-order valence-corrected chi connectivity index (χ3v) is 4.21. The fraction of sp³-hybridized carbons (Fsp3) is 0.750. The zero-order valence-electron chi connectivity index (χ0n) is 4.53. The third-order valence-electron chi connectivity index (χ3n) is 0.641. The molecule has 0 aromatic heterocycles. The van der Waals surface area contributed by atoms with Gasteiger partial charge in [0.05, 0.1) is 4.83 Å². The van der Waals surface area contributed by atoms with E-state index in [4.69, 9.17) is 0 Å². The van der Waals surface area contributed by atoms with Gasteiger partial charge in [-0.25, -0.2) is 4.79 Å². The van der Waals surface area contributed by atoms with E-state index in [0.717, 1.165) is 0 Å². The average Bonchev–Trinajstić information content (AvgIpc) is 1.65. The number of hydrogen-bond acceptors (Lipinski definition) is 2. The standard InChI is InChI=1S/C4H4Br3O2/c1-3(5)4(6,7)9-2-8/h3H,1H3. The fourth-order valence-corrected chi connectivity index (χ4v) is 0.362. The van der Waals surface area contributed by atoms with Crippen molar-refractivity contribution >= 4 is 54.3 Å². The molecule has 1 atom stereocenters. The molecule has 0 aliphatic carbocycles. The molecule has 53 valence electrons. The summed E-state index contributed by atoms with van der Waals surface area (Å²) in [5.74, 6) is 0. The molecular weight excluding hydrogens is 320 g/mol. The monoisotopic (exact) mass is 321 g/mol. The van der Waals surface area contributed by atoms with Gasteiger partial charge in [0.1, 0.15) is 0 Å². The highest BCUT2D eigenvalue weighted by Crippen LogP contribution is 2.34. The number of halogens is 3. The first-order valence-electron chi connectivity index (χ1n) is 2.07. The van der Waals surface area contributed by atoms with Gasteiger partial charge in [-0.3, -0.25) is 0 Å². The molecule has 0 fully saturated rings. The second kappa shape index (κ2) is 3.93. The van der Waals surface area contributed by atoms with Crippen LogP contribution in [0.25, 0.3) is 0 Å². The summed E-state index contributed by atoms with van der Waals surface area (Å²) < 4.78 is 3.64. The highest BCUT2D eigenvalue weighted by atomic mass is 79.9. The van der Waals surface area contributed by atoms with E-state index in [2.05, 4.69) is 52.5 Å². The Bertz CT molecular complexity index is 102.